The van der Waals surface area contributed by atoms with Crippen molar-refractivity contribution in [3.8, 4) is 5.75 Å². The number of benzene rings is 1. The normalized spacial score (nSPS) is 14.5. The molecule has 0 bridgehead atoms. The Hall–Kier alpha value is -3.67. The van der Waals surface area contributed by atoms with Crippen molar-refractivity contribution in [2.45, 2.75) is 64.7 Å². The Morgan fingerprint density at radius 1 is 0.829 bits per heavy atom. The number of nitrogens with two attached hydrogens (primary N) is 2. The van der Waals surface area contributed by atoms with E-state index in [0.29, 0.717) is 5.56 Å². The monoisotopic (exact) mass is 493 g/mol. The number of phenols is 1. The van der Waals surface area contributed by atoms with E-state index >= 15 is 0 Å². The van der Waals surface area contributed by atoms with Crippen LogP contribution in [0.5, 0.6) is 5.75 Å². The molecule has 1 rings (SSSR count). The Morgan fingerprint density at radius 2 is 1.34 bits per heavy atom. The Kier molecular flexibility index (Phi) is 11.1. The SMILES string of the molecule is CC(C)C(NC(=O)C(CC(N)=O)NC(=O)C(NC(=O)C(N)Cc1ccc(O)cc1)C(C)C)C(=O)O. The van der Waals surface area contributed by atoms with Crippen LogP contribution >= 0.6 is 0 Å². The number of primary amides is 1. The topological polar surface area (TPSA) is 214 Å². The van der Waals surface area contributed by atoms with Gasteiger partial charge in [-0.2, -0.15) is 0 Å². The van der Waals surface area contributed by atoms with Gasteiger partial charge in [-0.05, 0) is 36.0 Å². The zero-order valence-electron chi connectivity index (χ0n) is 20.3. The number of hydrogen-bond donors (Lipinski definition) is 7. The number of carboxylic acid groups (broad SMARTS) is 1. The highest BCUT2D eigenvalue weighted by atomic mass is 16.4. The molecule has 0 aliphatic heterocycles. The minimum atomic E-state index is -1.44. The summed E-state index contributed by atoms with van der Waals surface area (Å²) in [7, 11) is 0. The van der Waals surface area contributed by atoms with Gasteiger partial charge < -0.3 is 37.6 Å². The highest BCUT2D eigenvalue weighted by Gasteiger charge is 2.33. The Balaban J connectivity index is 2.93. The van der Waals surface area contributed by atoms with E-state index in [1.165, 1.54) is 12.1 Å². The van der Waals surface area contributed by atoms with E-state index in [-0.39, 0.29) is 12.2 Å². The fourth-order valence-corrected chi connectivity index (χ4v) is 3.21. The smallest absolute Gasteiger partial charge is 0.326 e. The number of hydrogen-bond acceptors (Lipinski definition) is 7. The molecule has 0 fully saturated rings. The number of nitrogens with one attached hydrogen (secondary N) is 3. The van der Waals surface area contributed by atoms with Crippen molar-refractivity contribution in [1.29, 1.82) is 0 Å². The predicted octanol–water partition coefficient (Wildman–Crippen LogP) is -1.01. The van der Waals surface area contributed by atoms with Crippen LogP contribution in [0.15, 0.2) is 24.3 Å². The molecule has 0 saturated heterocycles. The van der Waals surface area contributed by atoms with Crippen LogP contribution in [0.2, 0.25) is 0 Å². The average Bonchev–Trinajstić information content (AvgIpc) is 2.75. The van der Waals surface area contributed by atoms with E-state index in [9.17, 15) is 34.2 Å². The largest absolute Gasteiger partial charge is 0.508 e. The van der Waals surface area contributed by atoms with Crippen LogP contribution in [0.3, 0.4) is 0 Å². The molecular formula is C23H35N5O7. The summed E-state index contributed by atoms with van der Waals surface area (Å²) >= 11 is 0. The highest BCUT2D eigenvalue weighted by Crippen LogP contribution is 2.12. The molecule has 0 saturated carbocycles. The molecule has 1 aromatic rings. The maximum Gasteiger partial charge on any atom is 0.326 e. The van der Waals surface area contributed by atoms with Gasteiger partial charge in [0.15, 0.2) is 0 Å². The molecule has 35 heavy (non-hydrogen) atoms. The molecule has 12 nitrogen and oxygen atoms in total. The molecule has 4 unspecified atom stereocenters. The summed E-state index contributed by atoms with van der Waals surface area (Å²) < 4.78 is 0. The Bertz CT molecular complexity index is 917. The van der Waals surface area contributed by atoms with Gasteiger partial charge in [-0.3, -0.25) is 19.2 Å². The first-order chi connectivity index (χ1) is 16.2. The second-order valence-electron chi connectivity index (χ2n) is 9.01. The molecule has 4 amide bonds. The number of carboxylic acids is 1. The van der Waals surface area contributed by atoms with E-state index < -0.39 is 72.0 Å². The van der Waals surface area contributed by atoms with Crippen molar-refractivity contribution in [1.82, 2.24) is 16.0 Å². The molecule has 9 N–H and O–H groups in total. The van der Waals surface area contributed by atoms with E-state index in [0.717, 1.165) is 0 Å². The number of amides is 4. The van der Waals surface area contributed by atoms with Crippen LogP contribution in [0, 0.1) is 11.8 Å². The summed E-state index contributed by atoms with van der Waals surface area (Å²) in [5.41, 5.74) is 11.9. The minimum absolute atomic E-state index is 0.0703. The molecule has 12 heteroatoms. The second kappa shape index (κ2) is 13.3. The van der Waals surface area contributed by atoms with Crippen LogP contribution in [0.4, 0.5) is 0 Å². The summed E-state index contributed by atoms with van der Waals surface area (Å²) in [5, 5.41) is 25.9. The van der Waals surface area contributed by atoms with Crippen molar-refractivity contribution in [2.24, 2.45) is 23.3 Å². The quantitative estimate of drug-likeness (QED) is 0.180. The van der Waals surface area contributed by atoms with E-state index in [1.807, 2.05) is 0 Å². The van der Waals surface area contributed by atoms with Gasteiger partial charge >= 0.3 is 5.97 Å². The summed E-state index contributed by atoms with van der Waals surface area (Å²) in [6, 6.07) is 1.37. The lowest BCUT2D eigenvalue weighted by Crippen LogP contribution is -2.59. The molecule has 0 aromatic heterocycles. The van der Waals surface area contributed by atoms with Gasteiger partial charge in [0.1, 0.15) is 23.9 Å². The number of aromatic hydroxyl groups is 1. The molecule has 0 radical (unpaired) electrons. The van der Waals surface area contributed by atoms with Crippen molar-refractivity contribution >= 4 is 29.6 Å². The first-order valence-electron chi connectivity index (χ1n) is 11.2. The number of carbonyl (C=O) groups is 5. The Labute approximate surface area is 203 Å². The lowest BCUT2D eigenvalue weighted by atomic mass is 10.00. The minimum Gasteiger partial charge on any atom is -0.508 e. The molecule has 0 aliphatic rings. The third-order valence-corrected chi connectivity index (χ3v) is 5.24. The van der Waals surface area contributed by atoms with Crippen LogP contribution in [-0.4, -0.2) is 64.0 Å². The predicted molar refractivity (Wildman–Crippen MR) is 127 cm³/mol. The molecule has 0 spiro atoms. The van der Waals surface area contributed by atoms with Crippen molar-refractivity contribution < 1.29 is 34.2 Å². The van der Waals surface area contributed by atoms with Gasteiger partial charge in [-0.15, -0.1) is 0 Å². The van der Waals surface area contributed by atoms with E-state index in [4.69, 9.17) is 11.5 Å². The van der Waals surface area contributed by atoms with Gasteiger partial charge in [0.05, 0.1) is 12.5 Å². The first kappa shape index (κ1) is 29.4. The summed E-state index contributed by atoms with van der Waals surface area (Å²) in [4.78, 5) is 61.1. The van der Waals surface area contributed by atoms with E-state index in [2.05, 4.69) is 16.0 Å². The molecular weight excluding hydrogens is 458 g/mol. The van der Waals surface area contributed by atoms with Gasteiger partial charge in [0.25, 0.3) is 0 Å². The highest BCUT2D eigenvalue weighted by molar-refractivity contribution is 5.96. The van der Waals surface area contributed by atoms with E-state index in [1.54, 1.807) is 39.8 Å². The summed E-state index contributed by atoms with van der Waals surface area (Å²) in [5.74, 6) is -5.23. The van der Waals surface area contributed by atoms with Crippen LogP contribution in [-0.2, 0) is 30.4 Å². The number of rotatable bonds is 13. The number of phenolic OH excluding ortho intramolecular Hbond substituents is 1. The second-order valence-corrected chi connectivity index (χ2v) is 9.01. The lowest BCUT2D eigenvalue weighted by molar-refractivity contribution is -0.143. The fourth-order valence-electron chi connectivity index (χ4n) is 3.21. The number of carbonyl (C=O) groups excluding carboxylic acids is 4. The lowest BCUT2D eigenvalue weighted by Gasteiger charge is -2.27. The van der Waals surface area contributed by atoms with Crippen LogP contribution in [0.1, 0.15) is 39.7 Å². The van der Waals surface area contributed by atoms with Gasteiger partial charge in [-0.1, -0.05) is 39.8 Å². The average molecular weight is 494 g/mol. The zero-order chi connectivity index (χ0) is 26.9. The summed E-state index contributed by atoms with van der Waals surface area (Å²) in [6.07, 6.45) is -0.418. The zero-order valence-corrected chi connectivity index (χ0v) is 20.3. The van der Waals surface area contributed by atoms with Crippen LogP contribution in [0.25, 0.3) is 0 Å². The fraction of sp³-hybridized carbons (Fsp3) is 0.522. The Morgan fingerprint density at radius 3 is 1.80 bits per heavy atom. The van der Waals surface area contributed by atoms with Crippen LogP contribution < -0.4 is 27.4 Å². The third kappa shape index (κ3) is 9.61. The van der Waals surface area contributed by atoms with Gasteiger partial charge in [0.2, 0.25) is 23.6 Å². The molecule has 0 aliphatic carbocycles. The molecule has 1 aromatic carbocycles. The maximum atomic E-state index is 12.9. The van der Waals surface area contributed by atoms with Gasteiger partial charge in [-0.25, -0.2) is 4.79 Å². The molecule has 4 atom stereocenters. The third-order valence-electron chi connectivity index (χ3n) is 5.24. The van der Waals surface area contributed by atoms with Crippen molar-refractivity contribution in [2.75, 3.05) is 0 Å². The van der Waals surface area contributed by atoms with Gasteiger partial charge in [0, 0.05) is 0 Å². The standard InChI is InChI=1S/C23H35N5O7/c1-11(2)18(27-20(31)15(24)9-13-5-7-14(29)8-6-13)22(33)26-16(10-17(25)30)21(32)28-19(12(3)4)23(34)35/h5-8,11-12,15-16,18-19,29H,9-10,24H2,1-4H3,(H2,25,30)(H,26,33)(H,27,31)(H,28,32)(H,34,35). The molecule has 194 valence electrons. The summed E-state index contributed by atoms with van der Waals surface area (Å²) in [6.45, 7) is 6.51. The van der Waals surface area contributed by atoms with Crippen molar-refractivity contribution in [3.63, 3.8) is 0 Å². The van der Waals surface area contributed by atoms with Crippen molar-refractivity contribution in [3.05, 3.63) is 29.8 Å². The number of aliphatic carboxylic acids is 1. The maximum absolute atomic E-state index is 12.9. The first-order valence-corrected chi connectivity index (χ1v) is 11.2. The molecule has 0 heterocycles.